The summed E-state index contributed by atoms with van der Waals surface area (Å²) in [5.41, 5.74) is 0.777. The molecule has 1 fully saturated rings. The number of anilines is 1. The number of nitro benzene ring substituents is 1. The van der Waals surface area contributed by atoms with Gasteiger partial charge in [0.2, 0.25) is 0 Å². The van der Waals surface area contributed by atoms with Gasteiger partial charge in [-0.05, 0) is 52.2 Å². The summed E-state index contributed by atoms with van der Waals surface area (Å²) in [7, 11) is 1.87. The smallest absolute Gasteiger partial charge is 0.431 e. The molecular weight excluding hydrogens is 376 g/mol. The molecule has 1 aliphatic carbocycles. The highest BCUT2D eigenvalue weighted by atomic mass is 16.7. The fraction of sp³-hybridized carbons (Fsp3) is 0.500. The molecule has 0 radical (unpaired) electrons. The summed E-state index contributed by atoms with van der Waals surface area (Å²) in [6.45, 7) is 6.29. The monoisotopic (exact) mass is 402 g/mol. The SMILES string of the molecule is CNc1cc([C@H]2CC[C@@H](OC(=O)Oc3ccc([N+](=O)[O-])cc3)C2)nn1C(C)(C)C. The van der Waals surface area contributed by atoms with Crippen molar-refractivity contribution in [1.29, 1.82) is 0 Å². The van der Waals surface area contributed by atoms with Crippen LogP contribution >= 0.6 is 0 Å². The first-order chi connectivity index (χ1) is 13.7. The second-order valence-corrected chi connectivity index (χ2v) is 8.14. The van der Waals surface area contributed by atoms with Crippen molar-refractivity contribution in [3.8, 4) is 5.75 Å². The Labute approximate surface area is 169 Å². The molecule has 9 heteroatoms. The van der Waals surface area contributed by atoms with Crippen molar-refractivity contribution < 1.29 is 19.2 Å². The number of carbonyl (C=O) groups excluding carboxylic acids is 1. The third kappa shape index (κ3) is 4.85. The van der Waals surface area contributed by atoms with Gasteiger partial charge in [-0.25, -0.2) is 9.48 Å². The van der Waals surface area contributed by atoms with E-state index in [0.717, 1.165) is 24.4 Å². The summed E-state index contributed by atoms with van der Waals surface area (Å²) in [6.07, 6.45) is 1.24. The number of ether oxygens (including phenoxy) is 2. The van der Waals surface area contributed by atoms with Crippen molar-refractivity contribution in [3.63, 3.8) is 0 Å². The highest BCUT2D eigenvalue weighted by Crippen LogP contribution is 2.37. The minimum Gasteiger partial charge on any atom is -0.431 e. The normalized spacial score (nSPS) is 19.0. The molecule has 1 N–H and O–H groups in total. The maximum atomic E-state index is 12.1. The third-order valence-electron chi connectivity index (χ3n) is 4.93. The van der Waals surface area contributed by atoms with Crippen molar-refractivity contribution in [3.05, 3.63) is 46.1 Å². The Balaban J connectivity index is 1.58. The van der Waals surface area contributed by atoms with Gasteiger partial charge < -0.3 is 14.8 Å². The summed E-state index contributed by atoms with van der Waals surface area (Å²) in [5, 5.41) is 18.6. The predicted octanol–water partition coefficient (Wildman–Crippen LogP) is 4.44. The molecule has 9 nitrogen and oxygen atoms in total. The standard InChI is InChI=1S/C20H26N4O5/c1-20(2,3)23-18(21-4)12-17(22-23)13-5-8-16(11-13)29-19(25)28-15-9-6-14(7-10-15)24(26)27/h6-7,9-10,12-13,16,21H,5,8,11H2,1-4H3/t13-,16+/m0/s1. The molecule has 0 unspecified atom stereocenters. The molecule has 1 aromatic heterocycles. The minimum atomic E-state index is -0.805. The van der Waals surface area contributed by atoms with Gasteiger partial charge in [-0.1, -0.05) is 0 Å². The molecule has 0 aliphatic heterocycles. The number of hydrogen-bond acceptors (Lipinski definition) is 7. The molecule has 1 aliphatic rings. The highest BCUT2D eigenvalue weighted by molar-refractivity contribution is 5.64. The number of nitrogens with zero attached hydrogens (tertiary/aromatic N) is 3. The average molecular weight is 402 g/mol. The van der Waals surface area contributed by atoms with Crippen molar-refractivity contribution >= 4 is 17.7 Å². The zero-order chi connectivity index (χ0) is 21.2. The maximum Gasteiger partial charge on any atom is 0.514 e. The number of nitrogens with one attached hydrogen (secondary N) is 1. The molecule has 29 heavy (non-hydrogen) atoms. The number of rotatable bonds is 5. The van der Waals surface area contributed by atoms with Crippen molar-refractivity contribution in [2.45, 2.75) is 57.6 Å². The van der Waals surface area contributed by atoms with Gasteiger partial charge in [-0.2, -0.15) is 5.10 Å². The molecule has 156 valence electrons. The molecule has 0 bridgehead atoms. The van der Waals surface area contributed by atoms with Crippen LogP contribution in [0.2, 0.25) is 0 Å². The van der Waals surface area contributed by atoms with Gasteiger partial charge >= 0.3 is 6.16 Å². The van der Waals surface area contributed by atoms with Gasteiger partial charge in [-0.15, -0.1) is 0 Å². The van der Waals surface area contributed by atoms with Crippen molar-refractivity contribution in [2.24, 2.45) is 0 Å². The van der Waals surface area contributed by atoms with Crippen LogP contribution in [0.5, 0.6) is 5.75 Å². The van der Waals surface area contributed by atoms with Crippen LogP contribution in [0, 0.1) is 10.1 Å². The molecule has 0 saturated heterocycles. The molecule has 1 aromatic carbocycles. The van der Waals surface area contributed by atoms with Crippen LogP contribution in [-0.2, 0) is 10.3 Å². The molecule has 3 rings (SSSR count). The topological polar surface area (TPSA) is 109 Å². The Morgan fingerprint density at radius 2 is 1.97 bits per heavy atom. The number of hydrogen-bond donors (Lipinski definition) is 1. The van der Waals surface area contributed by atoms with Crippen LogP contribution in [0.15, 0.2) is 30.3 Å². The van der Waals surface area contributed by atoms with E-state index in [0.29, 0.717) is 6.42 Å². The second-order valence-electron chi connectivity index (χ2n) is 8.14. The van der Waals surface area contributed by atoms with Crippen LogP contribution < -0.4 is 10.1 Å². The number of benzene rings is 1. The lowest BCUT2D eigenvalue weighted by Crippen LogP contribution is -2.24. The molecule has 0 spiro atoms. The van der Waals surface area contributed by atoms with E-state index < -0.39 is 11.1 Å². The van der Waals surface area contributed by atoms with E-state index in [1.807, 2.05) is 17.8 Å². The maximum absolute atomic E-state index is 12.1. The summed E-state index contributed by atoms with van der Waals surface area (Å²) in [5.74, 6) is 1.37. The molecular formula is C20H26N4O5. The Bertz CT molecular complexity index is 885. The van der Waals surface area contributed by atoms with E-state index in [1.54, 1.807) is 0 Å². The second kappa shape index (κ2) is 8.10. The lowest BCUT2D eigenvalue weighted by molar-refractivity contribution is -0.384. The van der Waals surface area contributed by atoms with Gasteiger partial charge in [0.25, 0.3) is 5.69 Å². The Kier molecular flexibility index (Phi) is 5.76. The first-order valence-electron chi connectivity index (χ1n) is 9.58. The molecule has 1 heterocycles. The van der Waals surface area contributed by atoms with E-state index in [-0.39, 0.29) is 29.0 Å². The van der Waals surface area contributed by atoms with Gasteiger partial charge in [0, 0.05) is 31.2 Å². The number of nitro groups is 1. The summed E-state index contributed by atoms with van der Waals surface area (Å²) in [6, 6.07) is 7.34. The van der Waals surface area contributed by atoms with Crippen LogP contribution in [0.1, 0.15) is 51.6 Å². The average Bonchev–Trinajstić information content (AvgIpc) is 3.28. The molecule has 2 atom stereocenters. The van der Waals surface area contributed by atoms with Crippen LogP contribution in [0.25, 0.3) is 0 Å². The zero-order valence-electron chi connectivity index (χ0n) is 17.0. The van der Waals surface area contributed by atoms with E-state index >= 15 is 0 Å². The van der Waals surface area contributed by atoms with Gasteiger partial charge in [-0.3, -0.25) is 10.1 Å². The van der Waals surface area contributed by atoms with Crippen LogP contribution in [-0.4, -0.2) is 34.0 Å². The summed E-state index contributed by atoms with van der Waals surface area (Å²) in [4.78, 5) is 22.2. The third-order valence-corrected chi connectivity index (χ3v) is 4.93. The lowest BCUT2D eigenvalue weighted by Gasteiger charge is -2.22. The first-order valence-corrected chi connectivity index (χ1v) is 9.58. The highest BCUT2D eigenvalue weighted by Gasteiger charge is 2.32. The summed E-state index contributed by atoms with van der Waals surface area (Å²) < 4.78 is 12.5. The summed E-state index contributed by atoms with van der Waals surface area (Å²) >= 11 is 0. The van der Waals surface area contributed by atoms with E-state index in [9.17, 15) is 14.9 Å². The number of non-ortho nitro benzene ring substituents is 1. The molecule has 0 amide bonds. The number of carbonyl (C=O) groups is 1. The van der Waals surface area contributed by atoms with E-state index in [2.05, 4.69) is 26.1 Å². The van der Waals surface area contributed by atoms with Crippen LogP contribution in [0.3, 0.4) is 0 Å². The van der Waals surface area contributed by atoms with Gasteiger partial charge in [0.1, 0.15) is 17.7 Å². The predicted molar refractivity (Wildman–Crippen MR) is 107 cm³/mol. The quantitative estimate of drug-likeness (QED) is 0.341. The largest absolute Gasteiger partial charge is 0.514 e. The fourth-order valence-electron chi connectivity index (χ4n) is 3.50. The molecule has 1 saturated carbocycles. The lowest BCUT2D eigenvalue weighted by atomic mass is 10.0. The Morgan fingerprint density at radius 1 is 1.28 bits per heavy atom. The van der Waals surface area contributed by atoms with E-state index in [4.69, 9.17) is 14.6 Å². The van der Waals surface area contributed by atoms with Crippen LogP contribution in [0.4, 0.5) is 16.3 Å². The van der Waals surface area contributed by atoms with Gasteiger partial charge in [0.05, 0.1) is 16.2 Å². The Morgan fingerprint density at radius 3 is 2.52 bits per heavy atom. The number of aromatic nitrogens is 2. The minimum absolute atomic E-state index is 0.0695. The molecule has 2 aromatic rings. The van der Waals surface area contributed by atoms with E-state index in [1.165, 1.54) is 24.3 Å². The fourth-order valence-corrected chi connectivity index (χ4v) is 3.50. The van der Waals surface area contributed by atoms with Gasteiger partial charge in [0.15, 0.2) is 0 Å². The zero-order valence-corrected chi connectivity index (χ0v) is 17.0. The first kappa shape index (κ1) is 20.6. The Hall–Kier alpha value is -3.10. The van der Waals surface area contributed by atoms with Crippen molar-refractivity contribution in [1.82, 2.24) is 9.78 Å². The van der Waals surface area contributed by atoms with Crippen molar-refractivity contribution in [2.75, 3.05) is 12.4 Å².